The summed E-state index contributed by atoms with van der Waals surface area (Å²) in [5, 5.41) is 6.21. The summed E-state index contributed by atoms with van der Waals surface area (Å²) < 4.78 is 0. The van der Waals surface area contributed by atoms with Gasteiger partial charge in [-0.15, -0.1) is 11.8 Å². The van der Waals surface area contributed by atoms with Crippen LogP contribution in [0.15, 0.2) is 53.4 Å². The van der Waals surface area contributed by atoms with Crippen LogP contribution in [-0.2, 0) is 4.79 Å². The molecule has 2 fully saturated rings. The number of anilines is 2. The molecule has 2 aliphatic rings. The maximum atomic E-state index is 13.2. The molecule has 0 spiro atoms. The summed E-state index contributed by atoms with van der Waals surface area (Å²) in [6, 6.07) is 15.9. The fourth-order valence-corrected chi connectivity index (χ4v) is 5.12. The number of benzene rings is 2. The van der Waals surface area contributed by atoms with Crippen LogP contribution in [0.3, 0.4) is 0 Å². The van der Waals surface area contributed by atoms with E-state index in [1.807, 2.05) is 48.5 Å². The Morgan fingerprint density at radius 2 is 1.68 bits per heavy atom. The van der Waals surface area contributed by atoms with E-state index in [9.17, 15) is 9.59 Å². The van der Waals surface area contributed by atoms with Crippen LogP contribution in [0.1, 0.15) is 55.3 Å². The summed E-state index contributed by atoms with van der Waals surface area (Å²) in [7, 11) is 0. The minimum atomic E-state index is -0.0681. The van der Waals surface area contributed by atoms with E-state index >= 15 is 0 Å². The summed E-state index contributed by atoms with van der Waals surface area (Å²) in [4.78, 5) is 29.0. The van der Waals surface area contributed by atoms with Crippen LogP contribution in [0.4, 0.5) is 11.4 Å². The third kappa shape index (κ3) is 6.03. The van der Waals surface area contributed by atoms with E-state index in [1.54, 1.807) is 0 Å². The molecular weight excluding hydrogens is 406 g/mol. The molecule has 2 aromatic carbocycles. The van der Waals surface area contributed by atoms with Crippen molar-refractivity contribution in [1.29, 1.82) is 0 Å². The van der Waals surface area contributed by atoms with Gasteiger partial charge in [-0.2, -0.15) is 0 Å². The third-order valence-corrected chi connectivity index (χ3v) is 7.04. The van der Waals surface area contributed by atoms with Crippen molar-refractivity contribution >= 4 is 35.0 Å². The normalized spacial score (nSPS) is 16.8. The molecule has 2 aromatic rings. The number of rotatable bonds is 7. The molecule has 1 heterocycles. The van der Waals surface area contributed by atoms with Crippen molar-refractivity contribution in [3.8, 4) is 0 Å². The Labute approximate surface area is 189 Å². The first-order valence-corrected chi connectivity index (χ1v) is 12.4. The maximum Gasteiger partial charge on any atom is 0.253 e. The molecule has 0 atom stereocenters. The highest BCUT2D eigenvalue weighted by Crippen LogP contribution is 2.29. The number of thioether (sulfide) groups is 1. The van der Waals surface area contributed by atoms with Gasteiger partial charge in [-0.3, -0.25) is 9.59 Å². The van der Waals surface area contributed by atoms with E-state index in [1.165, 1.54) is 31.0 Å². The van der Waals surface area contributed by atoms with Crippen molar-refractivity contribution in [2.45, 2.75) is 55.9 Å². The predicted octanol–water partition coefficient (Wildman–Crippen LogP) is 5.08. The number of hydrogen-bond donors (Lipinski definition) is 2. The minimum absolute atomic E-state index is 0.0245. The Morgan fingerprint density at radius 1 is 0.935 bits per heavy atom. The molecule has 1 aliphatic heterocycles. The molecule has 0 bridgehead atoms. The highest BCUT2D eigenvalue weighted by atomic mass is 32.2. The van der Waals surface area contributed by atoms with Gasteiger partial charge in [-0.1, -0.05) is 37.5 Å². The molecule has 0 unspecified atom stereocenters. The Balaban J connectivity index is 1.45. The quantitative estimate of drug-likeness (QED) is 0.593. The van der Waals surface area contributed by atoms with Crippen LogP contribution >= 0.6 is 11.8 Å². The second-order valence-corrected chi connectivity index (χ2v) is 9.43. The highest BCUT2D eigenvalue weighted by Gasteiger charge is 2.23. The van der Waals surface area contributed by atoms with Crippen LogP contribution in [0.5, 0.6) is 0 Å². The standard InChI is InChI=1S/C25H31N3O2S/c29-24(18-31-21-11-5-2-6-12-21)26-20-13-14-23(28-15-7-8-16-28)22(17-20)25(30)27-19-9-3-1-4-10-19/h2,5-6,11-14,17,19H,1,3-4,7-10,15-16,18H2,(H,26,29)(H,27,30). The van der Waals surface area contributed by atoms with Crippen molar-refractivity contribution in [2.75, 3.05) is 29.1 Å². The lowest BCUT2D eigenvalue weighted by molar-refractivity contribution is -0.113. The summed E-state index contributed by atoms with van der Waals surface area (Å²) in [5.74, 6) is 0.242. The Kier molecular flexibility index (Phi) is 7.52. The second-order valence-electron chi connectivity index (χ2n) is 8.38. The monoisotopic (exact) mass is 437 g/mol. The summed E-state index contributed by atoms with van der Waals surface area (Å²) in [6.07, 6.45) is 8.03. The first-order chi connectivity index (χ1) is 15.2. The van der Waals surface area contributed by atoms with Crippen LogP contribution in [0, 0.1) is 0 Å². The highest BCUT2D eigenvalue weighted by molar-refractivity contribution is 8.00. The Morgan fingerprint density at radius 3 is 2.42 bits per heavy atom. The number of amides is 2. The van der Waals surface area contributed by atoms with Gasteiger partial charge in [0.1, 0.15) is 0 Å². The number of hydrogen-bond acceptors (Lipinski definition) is 4. The predicted molar refractivity (Wildman–Crippen MR) is 128 cm³/mol. The molecule has 6 heteroatoms. The van der Waals surface area contributed by atoms with Gasteiger partial charge in [0.2, 0.25) is 5.91 Å². The summed E-state index contributed by atoms with van der Waals surface area (Å²) in [6.45, 7) is 1.95. The topological polar surface area (TPSA) is 61.4 Å². The van der Waals surface area contributed by atoms with Gasteiger partial charge in [0.25, 0.3) is 5.91 Å². The van der Waals surface area contributed by atoms with E-state index < -0.39 is 0 Å². The third-order valence-electron chi connectivity index (χ3n) is 6.03. The first-order valence-electron chi connectivity index (χ1n) is 11.4. The first kappa shape index (κ1) is 21.8. The van der Waals surface area contributed by atoms with E-state index in [-0.39, 0.29) is 17.9 Å². The molecular formula is C25H31N3O2S. The number of carbonyl (C=O) groups excluding carboxylic acids is 2. The summed E-state index contributed by atoms with van der Waals surface area (Å²) in [5.41, 5.74) is 2.32. The minimum Gasteiger partial charge on any atom is -0.371 e. The molecule has 31 heavy (non-hydrogen) atoms. The van der Waals surface area contributed by atoms with Gasteiger partial charge < -0.3 is 15.5 Å². The average Bonchev–Trinajstić information content (AvgIpc) is 3.34. The van der Waals surface area contributed by atoms with E-state index in [0.717, 1.165) is 49.4 Å². The van der Waals surface area contributed by atoms with Gasteiger partial charge >= 0.3 is 0 Å². The van der Waals surface area contributed by atoms with Gasteiger partial charge in [-0.05, 0) is 56.0 Å². The van der Waals surface area contributed by atoms with Crippen molar-refractivity contribution in [3.05, 3.63) is 54.1 Å². The molecule has 164 valence electrons. The van der Waals surface area contributed by atoms with Crippen LogP contribution < -0.4 is 15.5 Å². The number of nitrogens with zero attached hydrogens (tertiary/aromatic N) is 1. The smallest absolute Gasteiger partial charge is 0.253 e. The molecule has 5 nitrogen and oxygen atoms in total. The number of carbonyl (C=O) groups is 2. The van der Waals surface area contributed by atoms with E-state index in [2.05, 4.69) is 15.5 Å². The average molecular weight is 438 g/mol. The Bertz CT molecular complexity index is 891. The van der Waals surface area contributed by atoms with Gasteiger partial charge in [0.15, 0.2) is 0 Å². The number of nitrogens with one attached hydrogen (secondary N) is 2. The lowest BCUT2D eigenvalue weighted by Gasteiger charge is -2.25. The molecule has 2 amide bonds. The van der Waals surface area contributed by atoms with E-state index in [4.69, 9.17) is 0 Å². The Hall–Kier alpha value is -2.47. The zero-order valence-corrected chi connectivity index (χ0v) is 18.8. The summed E-state index contributed by atoms with van der Waals surface area (Å²) >= 11 is 1.51. The van der Waals surface area contributed by atoms with Crippen molar-refractivity contribution in [1.82, 2.24) is 5.32 Å². The second kappa shape index (κ2) is 10.7. The molecule has 0 radical (unpaired) electrons. The largest absolute Gasteiger partial charge is 0.371 e. The maximum absolute atomic E-state index is 13.2. The van der Waals surface area contributed by atoms with Crippen molar-refractivity contribution < 1.29 is 9.59 Å². The molecule has 1 saturated carbocycles. The zero-order chi connectivity index (χ0) is 21.5. The van der Waals surface area contributed by atoms with E-state index in [0.29, 0.717) is 17.0 Å². The van der Waals surface area contributed by atoms with Crippen LogP contribution in [0.25, 0.3) is 0 Å². The fraction of sp³-hybridized carbons (Fsp3) is 0.440. The van der Waals surface area contributed by atoms with Gasteiger partial charge in [0, 0.05) is 35.4 Å². The lowest BCUT2D eigenvalue weighted by Crippen LogP contribution is -2.37. The van der Waals surface area contributed by atoms with Crippen molar-refractivity contribution in [2.24, 2.45) is 0 Å². The molecule has 4 rings (SSSR count). The molecule has 2 N–H and O–H groups in total. The zero-order valence-electron chi connectivity index (χ0n) is 17.9. The lowest BCUT2D eigenvalue weighted by atomic mass is 9.95. The van der Waals surface area contributed by atoms with Crippen LogP contribution in [-0.4, -0.2) is 36.7 Å². The fourth-order valence-electron chi connectivity index (χ4n) is 4.40. The molecule has 1 saturated heterocycles. The van der Waals surface area contributed by atoms with Gasteiger partial charge in [-0.25, -0.2) is 0 Å². The molecule has 0 aromatic heterocycles. The van der Waals surface area contributed by atoms with Crippen molar-refractivity contribution in [3.63, 3.8) is 0 Å². The van der Waals surface area contributed by atoms with Gasteiger partial charge in [0.05, 0.1) is 11.3 Å². The van der Waals surface area contributed by atoms with Crippen LogP contribution in [0.2, 0.25) is 0 Å². The SMILES string of the molecule is O=C(CSc1ccccc1)Nc1ccc(N2CCCC2)c(C(=O)NC2CCCCC2)c1. The molecule has 1 aliphatic carbocycles.